The maximum atomic E-state index is 14.0. The number of rotatable bonds is 3. The fourth-order valence-electron chi connectivity index (χ4n) is 3.43. The Morgan fingerprint density at radius 1 is 0.966 bits per heavy atom. The summed E-state index contributed by atoms with van der Waals surface area (Å²) in [6, 6.07) is 17.0. The molecular formula is C21H13FN2O4S. The molecule has 0 aliphatic heterocycles. The summed E-state index contributed by atoms with van der Waals surface area (Å²) >= 11 is 0. The lowest BCUT2D eigenvalue weighted by atomic mass is 10.0. The first-order chi connectivity index (χ1) is 13.9. The van der Waals surface area contributed by atoms with Gasteiger partial charge < -0.3 is 4.42 Å². The molecule has 0 unspecified atom stereocenters. The zero-order chi connectivity index (χ0) is 20.2. The average molecular weight is 408 g/mol. The minimum atomic E-state index is -3.93. The Hall–Kier alpha value is -3.65. The van der Waals surface area contributed by atoms with E-state index in [0.717, 1.165) is 3.97 Å². The number of aromatic amines is 1. The van der Waals surface area contributed by atoms with Gasteiger partial charge in [0.1, 0.15) is 5.82 Å². The molecule has 0 saturated carbocycles. The summed E-state index contributed by atoms with van der Waals surface area (Å²) in [5, 5.41) is 0.566. The minimum absolute atomic E-state index is 0.0994. The van der Waals surface area contributed by atoms with Crippen LogP contribution in [0.3, 0.4) is 0 Å². The molecule has 3 aromatic carbocycles. The van der Waals surface area contributed by atoms with Gasteiger partial charge in [-0.2, -0.15) is 0 Å². The first-order valence-electron chi connectivity index (χ1n) is 8.68. The van der Waals surface area contributed by atoms with Crippen molar-refractivity contribution >= 4 is 32.0 Å². The minimum Gasteiger partial charge on any atom is -0.408 e. The Bertz CT molecular complexity index is 1550. The van der Waals surface area contributed by atoms with Crippen molar-refractivity contribution in [2.75, 3.05) is 0 Å². The third kappa shape index (κ3) is 2.76. The van der Waals surface area contributed by atoms with Crippen LogP contribution in [-0.2, 0) is 10.0 Å². The molecule has 0 amide bonds. The second kappa shape index (κ2) is 6.18. The largest absolute Gasteiger partial charge is 0.417 e. The number of benzene rings is 3. The second-order valence-corrected chi connectivity index (χ2v) is 8.36. The van der Waals surface area contributed by atoms with Crippen molar-refractivity contribution in [1.82, 2.24) is 8.96 Å². The SMILES string of the molecule is O=c1[nH]c2cc(-c3cn(S(=O)(=O)c4ccccc4)c4cc(F)ccc34)ccc2o1. The lowest BCUT2D eigenvalue weighted by molar-refractivity contribution is 0.555. The highest BCUT2D eigenvalue weighted by Gasteiger charge is 2.22. The van der Waals surface area contributed by atoms with Crippen LogP contribution in [0, 0.1) is 5.82 Å². The highest BCUT2D eigenvalue weighted by atomic mass is 32.2. The number of aromatic nitrogens is 2. The highest BCUT2D eigenvalue weighted by Crippen LogP contribution is 2.34. The molecule has 0 radical (unpaired) electrons. The smallest absolute Gasteiger partial charge is 0.408 e. The van der Waals surface area contributed by atoms with Crippen LogP contribution >= 0.6 is 0 Å². The standard InChI is InChI=1S/C21H13FN2O4S/c22-14-7-8-16-17(13-6-9-20-18(10-13)23-21(25)28-20)12-24(19(16)11-14)29(26,27)15-4-2-1-3-5-15/h1-12H,(H,23,25). The van der Waals surface area contributed by atoms with Crippen molar-refractivity contribution in [1.29, 1.82) is 0 Å². The summed E-state index contributed by atoms with van der Waals surface area (Å²) < 4.78 is 46.5. The third-order valence-electron chi connectivity index (χ3n) is 4.76. The maximum Gasteiger partial charge on any atom is 0.417 e. The molecule has 1 N–H and O–H groups in total. The van der Waals surface area contributed by atoms with Gasteiger partial charge in [0.05, 0.1) is 15.9 Å². The number of hydrogen-bond acceptors (Lipinski definition) is 4. The average Bonchev–Trinajstić information content (AvgIpc) is 3.27. The van der Waals surface area contributed by atoms with Crippen LogP contribution in [-0.4, -0.2) is 17.4 Å². The van der Waals surface area contributed by atoms with Gasteiger partial charge in [0, 0.05) is 17.1 Å². The molecule has 8 heteroatoms. The van der Waals surface area contributed by atoms with Gasteiger partial charge in [-0.25, -0.2) is 21.6 Å². The van der Waals surface area contributed by atoms with Crippen molar-refractivity contribution in [2.45, 2.75) is 4.90 Å². The molecule has 144 valence electrons. The molecule has 0 saturated heterocycles. The van der Waals surface area contributed by atoms with Crippen molar-refractivity contribution in [3.05, 3.63) is 89.3 Å². The molecule has 5 aromatic rings. The number of fused-ring (bicyclic) bond motifs is 2. The van der Waals surface area contributed by atoms with Gasteiger partial charge in [0.25, 0.3) is 10.0 Å². The van der Waals surface area contributed by atoms with Gasteiger partial charge in [-0.1, -0.05) is 24.3 Å². The molecule has 0 aliphatic carbocycles. The molecular weight excluding hydrogens is 395 g/mol. The quantitative estimate of drug-likeness (QED) is 0.487. The molecule has 2 aromatic heterocycles. The number of oxazole rings is 1. The van der Waals surface area contributed by atoms with E-state index in [2.05, 4.69) is 4.98 Å². The van der Waals surface area contributed by atoms with E-state index in [-0.39, 0.29) is 10.4 Å². The summed E-state index contributed by atoms with van der Waals surface area (Å²) in [7, 11) is -3.93. The lowest BCUT2D eigenvalue weighted by Crippen LogP contribution is -2.11. The summed E-state index contributed by atoms with van der Waals surface area (Å²) in [5.74, 6) is -1.12. The van der Waals surface area contributed by atoms with E-state index in [0.29, 0.717) is 27.6 Å². The Kier molecular flexibility index (Phi) is 3.72. The van der Waals surface area contributed by atoms with E-state index in [1.165, 1.54) is 30.5 Å². The van der Waals surface area contributed by atoms with E-state index in [4.69, 9.17) is 4.42 Å². The predicted octanol–water partition coefficient (Wildman–Crippen LogP) is 4.12. The van der Waals surface area contributed by atoms with Crippen LogP contribution in [0.15, 0.2) is 87.0 Å². The molecule has 2 heterocycles. The molecule has 0 aliphatic rings. The fraction of sp³-hybridized carbons (Fsp3) is 0. The third-order valence-corrected chi connectivity index (χ3v) is 6.45. The molecule has 6 nitrogen and oxygen atoms in total. The van der Waals surface area contributed by atoms with Crippen LogP contribution in [0.5, 0.6) is 0 Å². The Labute approximate surface area is 163 Å². The predicted molar refractivity (Wildman–Crippen MR) is 107 cm³/mol. The van der Waals surface area contributed by atoms with Gasteiger partial charge in [0.15, 0.2) is 5.58 Å². The molecule has 0 spiro atoms. The number of nitrogens with zero attached hydrogens (tertiary/aromatic N) is 1. The summed E-state index contributed by atoms with van der Waals surface area (Å²) in [6.07, 6.45) is 1.46. The topological polar surface area (TPSA) is 85.1 Å². The van der Waals surface area contributed by atoms with E-state index in [9.17, 15) is 17.6 Å². The number of hydrogen-bond donors (Lipinski definition) is 1. The fourth-order valence-corrected chi connectivity index (χ4v) is 4.81. The van der Waals surface area contributed by atoms with Gasteiger partial charge in [-0.05, 0) is 48.0 Å². The molecule has 29 heavy (non-hydrogen) atoms. The van der Waals surface area contributed by atoms with Crippen LogP contribution in [0.4, 0.5) is 4.39 Å². The van der Waals surface area contributed by atoms with Gasteiger partial charge in [-0.15, -0.1) is 0 Å². The second-order valence-electron chi connectivity index (χ2n) is 6.54. The number of nitrogens with one attached hydrogen (secondary N) is 1. The molecule has 0 atom stereocenters. The zero-order valence-corrected chi connectivity index (χ0v) is 15.6. The molecule has 0 bridgehead atoms. The van der Waals surface area contributed by atoms with E-state index >= 15 is 0 Å². The maximum absolute atomic E-state index is 14.0. The van der Waals surface area contributed by atoms with E-state index in [1.807, 2.05) is 0 Å². The Balaban J connectivity index is 1.80. The molecule has 5 rings (SSSR count). The number of H-pyrrole nitrogens is 1. The summed E-state index contributed by atoms with van der Waals surface area (Å²) in [4.78, 5) is 14.1. The Morgan fingerprint density at radius 3 is 2.55 bits per heavy atom. The van der Waals surface area contributed by atoms with E-state index in [1.54, 1.807) is 42.5 Å². The van der Waals surface area contributed by atoms with Crippen molar-refractivity contribution in [3.63, 3.8) is 0 Å². The normalized spacial score (nSPS) is 12.0. The van der Waals surface area contributed by atoms with Crippen LogP contribution < -0.4 is 5.76 Å². The van der Waals surface area contributed by atoms with Crippen molar-refractivity contribution in [3.8, 4) is 11.1 Å². The monoisotopic (exact) mass is 408 g/mol. The van der Waals surface area contributed by atoms with Crippen LogP contribution in [0.2, 0.25) is 0 Å². The van der Waals surface area contributed by atoms with E-state index < -0.39 is 21.6 Å². The van der Waals surface area contributed by atoms with Crippen LogP contribution in [0.25, 0.3) is 33.1 Å². The van der Waals surface area contributed by atoms with Crippen molar-refractivity contribution in [2.24, 2.45) is 0 Å². The van der Waals surface area contributed by atoms with Gasteiger partial charge in [0.2, 0.25) is 0 Å². The summed E-state index contributed by atoms with van der Waals surface area (Å²) in [6.45, 7) is 0. The Morgan fingerprint density at radius 2 is 1.76 bits per heavy atom. The lowest BCUT2D eigenvalue weighted by Gasteiger charge is -2.07. The van der Waals surface area contributed by atoms with Gasteiger partial charge >= 0.3 is 5.76 Å². The van der Waals surface area contributed by atoms with Crippen molar-refractivity contribution < 1.29 is 17.2 Å². The molecule has 0 fully saturated rings. The van der Waals surface area contributed by atoms with Crippen LogP contribution in [0.1, 0.15) is 0 Å². The first-order valence-corrected chi connectivity index (χ1v) is 10.1. The van der Waals surface area contributed by atoms with Gasteiger partial charge in [-0.3, -0.25) is 4.98 Å². The summed E-state index contributed by atoms with van der Waals surface area (Å²) in [5.41, 5.74) is 2.35. The first kappa shape index (κ1) is 17.4. The highest BCUT2D eigenvalue weighted by molar-refractivity contribution is 7.90. The zero-order valence-electron chi connectivity index (χ0n) is 14.8. The number of halogens is 1.